The summed E-state index contributed by atoms with van der Waals surface area (Å²) in [5, 5.41) is 1.03. The molecule has 1 heterocycles. The molecule has 0 aliphatic heterocycles. The fourth-order valence-corrected chi connectivity index (χ4v) is 1.32. The maximum atomic E-state index is 5.52. The highest BCUT2D eigenvalue weighted by Gasteiger charge is 2.06. The Hall–Kier alpha value is -1.94. The maximum Gasteiger partial charge on any atom is 0.154 e. The summed E-state index contributed by atoms with van der Waals surface area (Å²) < 4.78 is 5.52. The van der Waals surface area contributed by atoms with Gasteiger partial charge in [-0.15, -0.1) is 0 Å². The number of fused-ring (bicyclic) bond motifs is 1. The molecule has 0 spiro atoms. The van der Waals surface area contributed by atoms with Gasteiger partial charge >= 0.3 is 0 Å². The Bertz CT molecular complexity index is 440. The minimum Gasteiger partial charge on any atom is -0.454 e. The summed E-state index contributed by atoms with van der Waals surface area (Å²) in [6.45, 7) is 0. The lowest BCUT2D eigenvalue weighted by Gasteiger charge is -1.99. The van der Waals surface area contributed by atoms with Crippen LogP contribution in [0.15, 0.2) is 40.9 Å². The van der Waals surface area contributed by atoms with E-state index in [1.54, 1.807) is 0 Å². The number of nitrogens with one attached hydrogen (secondary N) is 1. The molecule has 0 aliphatic carbocycles. The van der Waals surface area contributed by atoms with E-state index in [-0.39, 0.29) is 0 Å². The molecule has 0 saturated heterocycles. The Balaban J connectivity index is 2.55. The van der Waals surface area contributed by atoms with Crippen LogP contribution in [0, 0.1) is 0 Å². The first-order valence-corrected chi connectivity index (χ1v) is 4.22. The van der Waals surface area contributed by atoms with Crippen LogP contribution in [0.4, 0.5) is 0 Å². The summed E-state index contributed by atoms with van der Waals surface area (Å²) in [6, 6.07) is 9.60. The zero-order chi connectivity index (χ0) is 9.97. The Kier molecular flexibility index (Phi) is 2.12. The van der Waals surface area contributed by atoms with Crippen molar-refractivity contribution >= 4 is 16.7 Å². The summed E-state index contributed by atoms with van der Waals surface area (Å²) in [7, 11) is 0. The second kappa shape index (κ2) is 3.43. The molecule has 0 unspecified atom stereocenters. The van der Waals surface area contributed by atoms with Crippen LogP contribution in [0.3, 0.4) is 0 Å². The van der Waals surface area contributed by atoms with Crippen molar-refractivity contribution in [2.24, 2.45) is 11.6 Å². The van der Waals surface area contributed by atoms with Crippen molar-refractivity contribution in [1.29, 1.82) is 0 Å². The van der Waals surface area contributed by atoms with Crippen LogP contribution >= 0.6 is 0 Å². The van der Waals surface area contributed by atoms with Gasteiger partial charge in [0, 0.05) is 11.6 Å². The number of hydrazine groups is 1. The van der Waals surface area contributed by atoms with Crippen LogP contribution < -0.4 is 17.0 Å². The van der Waals surface area contributed by atoms with E-state index in [4.69, 9.17) is 16.0 Å². The zero-order valence-electron chi connectivity index (χ0n) is 7.53. The molecule has 0 fully saturated rings. The molecule has 4 nitrogen and oxygen atoms in total. The molecule has 0 saturated carbocycles. The molecule has 5 N–H and O–H groups in total. The van der Waals surface area contributed by atoms with Gasteiger partial charge in [0.1, 0.15) is 11.3 Å². The van der Waals surface area contributed by atoms with E-state index in [0.717, 1.165) is 11.0 Å². The summed E-state index contributed by atoms with van der Waals surface area (Å²) >= 11 is 0. The molecule has 0 atom stereocenters. The minimum absolute atomic E-state index is 0.571. The van der Waals surface area contributed by atoms with E-state index in [2.05, 4.69) is 5.43 Å². The third kappa shape index (κ3) is 1.31. The largest absolute Gasteiger partial charge is 0.454 e. The monoisotopic (exact) mass is 189 g/mol. The lowest BCUT2D eigenvalue weighted by molar-refractivity contribution is 0.592. The van der Waals surface area contributed by atoms with Gasteiger partial charge in [-0.3, -0.25) is 5.84 Å². The highest BCUT2D eigenvalue weighted by molar-refractivity contribution is 5.81. The lowest BCUT2D eigenvalue weighted by atomic mass is 10.2. The van der Waals surface area contributed by atoms with Gasteiger partial charge in [-0.05, 0) is 12.1 Å². The Morgan fingerprint density at radius 3 is 2.79 bits per heavy atom. The smallest absolute Gasteiger partial charge is 0.154 e. The molecule has 1 aromatic heterocycles. The Morgan fingerprint density at radius 2 is 2.14 bits per heavy atom. The second-order valence-electron chi connectivity index (χ2n) is 2.87. The van der Waals surface area contributed by atoms with Crippen LogP contribution in [-0.4, -0.2) is 0 Å². The fraction of sp³-hybridized carbons (Fsp3) is 0. The molecule has 14 heavy (non-hydrogen) atoms. The zero-order valence-corrected chi connectivity index (χ0v) is 7.53. The maximum absolute atomic E-state index is 5.52. The van der Waals surface area contributed by atoms with Crippen molar-refractivity contribution < 1.29 is 4.42 Å². The SMILES string of the molecule is N/C=C(\NN)c1cc2ccccc2o1. The molecular weight excluding hydrogens is 178 g/mol. The van der Waals surface area contributed by atoms with Gasteiger partial charge in [-0.25, -0.2) is 0 Å². The lowest BCUT2D eigenvalue weighted by Crippen LogP contribution is -2.20. The third-order valence-electron chi connectivity index (χ3n) is 2.01. The van der Waals surface area contributed by atoms with Crippen molar-refractivity contribution in [3.8, 4) is 0 Å². The predicted molar refractivity (Wildman–Crippen MR) is 55.7 cm³/mol. The van der Waals surface area contributed by atoms with E-state index < -0.39 is 0 Å². The first-order chi connectivity index (χ1) is 6.85. The highest BCUT2D eigenvalue weighted by atomic mass is 16.3. The predicted octanol–water partition coefficient (Wildman–Crippen LogP) is 1.15. The molecule has 0 amide bonds. The first-order valence-electron chi connectivity index (χ1n) is 4.22. The molecule has 72 valence electrons. The average Bonchev–Trinajstić information content (AvgIpc) is 2.63. The average molecular weight is 189 g/mol. The molecular formula is C10H11N3O. The number of furan rings is 1. The highest BCUT2D eigenvalue weighted by Crippen LogP contribution is 2.22. The van der Waals surface area contributed by atoms with Gasteiger partial charge in [0.15, 0.2) is 5.76 Å². The Morgan fingerprint density at radius 1 is 1.36 bits per heavy atom. The molecule has 2 rings (SSSR count). The van der Waals surface area contributed by atoms with Crippen molar-refractivity contribution in [3.63, 3.8) is 0 Å². The van der Waals surface area contributed by atoms with Crippen molar-refractivity contribution in [1.82, 2.24) is 5.43 Å². The fourth-order valence-electron chi connectivity index (χ4n) is 1.32. The second-order valence-corrected chi connectivity index (χ2v) is 2.87. The van der Waals surface area contributed by atoms with Gasteiger partial charge in [0.2, 0.25) is 0 Å². The van der Waals surface area contributed by atoms with E-state index in [9.17, 15) is 0 Å². The van der Waals surface area contributed by atoms with Crippen LogP contribution in [0.1, 0.15) is 5.76 Å². The van der Waals surface area contributed by atoms with Gasteiger partial charge in [0.05, 0.1) is 0 Å². The molecule has 1 aromatic carbocycles. The van der Waals surface area contributed by atoms with Gasteiger partial charge in [-0.2, -0.15) is 0 Å². The first kappa shape index (κ1) is 8.65. The number of nitrogens with two attached hydrogens (primary N) is 2. The van der Waals surface area contributed by atoms with Gasteiger partial charge in [0.25, 0.3) is 0 Å². The van der Waals surface area contributed by atoms with E-state index in [0.29, 0.717) is 11.5 Å². The number of para-hydroxylation sites is 1. The molecule has 0 aliphatic rings. The minimum atomic E-state index is 0.571. The van der Waals surface area contributed by atoms with Gasteiger partial charge < -0.3 is 15.6 Å². The normalized spacial score (nSPS) is 11.9. The number of hydrogen-bond donors (Lipinski definition) is 3. The van der Waals surface area contributed by atoms with E-state index >= 15 is 0 Å². The van der Waals surface area contributed by atoms with Crippen molar-refractivity contribution in [2.45, 2.75) is 0 Å². The summed E-state index contributed by atoms with van der Waals surface area (Å²) in [5.41, 5.74) is 9.23. The Labute approximate surface area is 81.1 Å². The summed E-state index contributed by atoms with van der Waals surface area (Å²) in [4.78, 5) is 0. The van der Waals surface area contributed by atoms with Crippen LogP contribution in [0.5, 0.6) is 0 Å². The quantitative estimate of drug-likeness (QED) is 0.489. The van der Waals surface area contributed by atoms with Crippen LogP contribution in [0.25, 0.3) is 16.7 Å². The third-order valence-corrected chi connectivity index (χ3v) is 2.01. The molecule has 0 bridgehead atoms. The number of hydrogen-bond acceptors (Lipinski definition) is 4. The summed E-state index contributed by atoms with van der Waals surface area (Å²) in [6.07, 6.45) is 1.37. The number of rotatable bonds is 2. The molecule has 0 radical (unpaired) electrons. The topological polar surface area (TPSA) is 77.2 Å². The summed E-state index contributed by atoms with van der Waals surface area (Å²) in [5.74, 6) is 5.91. The number of benzene rings is 1. The molecule has 4 heteroatoms. The van der Waals surface area contributed by atoms with Crippen molar-refractivity contribution in [3.05, 3.63) is 42.3 Å². The van der Waals surface area contributed by atoms with Crippen molar-refractivity contribution in [2.75, 3.05) is 0 Å². The van der Waals surface area contributed by atoms with Crippen LogP contribution in [-0.2, 0) is 0 Å². The molecule has 2 aromatic rings. The van der Waals surface area contributed by atoms with E-state index in [1.807, 2.05) is 30.3 Å². The standard InChI is InChI=1S/C10H11N3O/c11-6-8(13-12)10-5-7-3-1-2-4-9(7)14-10/h1-6,13H,11-12H2/b8-6-. The van der Waals surface area contributed by atoms with Crippen LogP contribution in [0.2, 0.25) is 0 Å². The van der Waals surface area contributed by atoms with Gasteiger partial charge in [-0.1, -0.05) is 18.2 Å². The van der Waals surface area contributed by atoms with E-state index in [1.165, 1.54) is 6.20 Å².